The zero-order chi connectivity index (χ0) is 45.4. The van der Waals surface area contributed by atoms with E-state index in [0.29, 0.717) is 17.8 Å². The molecule has 2 aliphatic rings. The fourth-order valence-corrected chi connectivity index (χ4v) is 7.23. The number of nitrogens with one attached hydrogen (secondary N) is 3. The minimum Gasteiger partial charge on any atom is -0.870 e. The third kappa shape index (κ3) is 13.9. The van der Waals surface area contributed by atoms with Crippen LogP contribution < -0.4 is 78.2 Å². The molecule has 0 bridgehead atoms. The van der Waals surface area contributed by atoms with Crippen LogP contribution >= 0.6 is 0 Å². The number of aromatic nitrogens is 5. The molecule has 0 spiro atoms. The zero-order valence-corrected chi connectivity index (χ0v) is 41.2. The number of carbonyl (C=O) groups is 1. The first-order chi connectivity index (χ1) is 30.1. The van der Waals surface area contributed by atoms with E-state index in [4.69, 9.17) is 18.0 Å². The molecule has 15 nitrogen and oxygen atoms in total. The van der Waals surface area contributed by atoms with Crippen molar-refractivity contribution in [2.45, 2.75) is 41.5 Å². The summed E-state index contributed by atoms with van der Waals surface area (Å²) in [5.41, 5.74) is 17.6. The van der Waals surface area contributed by atoms with Crippen molar-refractivity contribution in [3.8, 4) is 11.4 Å². The van der Waals surface area contributed by atoms with E-state index in [1.807, 2.05) is 24.3 Å². The van der Waals surface area contributed by atoms with Gasteiger partial charge in [-0.1, -0.05) is 25.6 Å². The zero-order valence-electron chi connectivity index (χ0n) is 38.1. The van der Waals surface area contributed by atoms with Gasteiger partial charge in [0.2, 0.25) is 5.69 Å². The number of halogens is 2. The summed E-state index contributed by atoms with van der Waals surface area (Å²) in [5, 5.41) is 0.195. The Morgan fingerprint density at radius 1 is 0.758 bits per heavy atom. The summed E-state index contributed by atoms with van der Waals surface area (Å²) >= 11 is 0. The Balaban J connectivity index is 0.000000272. The molecule has 3 aromatic heterocycles. The molecule has 2 aliphatic heterocycles. The van der Waals surface area contributed by atoms with Gasteiger partial charge in [0.25, 0.3) is 5.56 Å². The maximum absolute atomic E-state index is 14.3. The summed E-state index contributed by atoms with van der Waals surface area (Å²) < 4.78 is 26.9. The summed E-state index contributed by atoms with van der Waals surface area (Å²) in [5.74, 6) is 1.59. The Bertz CT molecular complexity index is 2780. The number of hydrogen-bond donors (Lipinski definition) is 5. The van der Waals surface area contributed by atoms with E-state index < -0.39 is 17.2 Å². The third-order valence-corrected chi connectivity index (χ3v) is 10.5. The number of para-hydroxylation sites is 1. The van der Waals surface area contributed by atoms with Gasteiger partial charge in [-0.15, -0.1) is 0 Å². The molecular weight excluding hydrogens is 870 g/mol. The quantitative estimate of drug-likeness (QED) is 0.0879. The van der Waals surface area contributed by atoms with Gasteiger partial charge in [-0.3, -0.25) is 9.59 Å². The molecule has 5 heterocycles. The van der Waals surface area contributed by atoms with Gasteiger partial charge in [-0.05, 0) is 75.6 Å². The normalized spacial score (nSPS) is 13.8. The smallest absolute Gasteiger partial charge is 0.870 e. The second-order valence-corrected chi connectivity index (χ2v) is 16.3. The van der Waals surface area contributed by atoms with E-state index in [0.717, 1.165) is 85.9 Å². The number of likely N-dealkylation sites (N-methyl/N-ethyl adjacent to an activating group) is 2. The molecular formula is C48H60F2KN12O3-. The topological polar surface area (TPSA) is 207 Å². The number of nitrogens with zero attached hydrogens (tertiary/aromatic N) is 7. The number of rotatable bonds is 5. The van der Waals surface area contributed by atoms with Gasteiger partial charge in [0.05, 0.1) is 51.7 Å². The van der Waals surface area contributed by atoms with E-state index in [1.165, 1.54) is 41.9 Å². The first-order valence-electron chi connectivity index (χ1n) is 20.7. The first kappa shape index (κ1) is 55.1. The Hall–Kier alpha value is -5.23. The number of carbonyl (C=O) groups excluding carboxylic acids is 1. The molecule has 4 aromatic carbocycles. The van der Waals surface area contributed by atoms with Crippen molar-refractivity contribution in [2.75, 3.05) is 87.7 Å². The summed E-state index contributed by atoms with van der Waals surface area (Å²) in [7, 11) is 4.28. The van der Waals surface area contributed by atoms with Gasteiger partial charge >= 0.3 is 51.4 Å². The Labute approximate surface area is 427 Å². The van der Waals surface area contributed by atoms with Crippen molar-refractivity contribution in [3.05, 3.63) is 118 Å². The summed E-state index contributed by atoms with van der Waals surface area (Å²) in [6.45, 7) is 22.6. The molecule has 0 saturated carbocycles. The number of hydrogen-bond acceptors (Lipinski definition) is 11. The Morgan fingerprint density at radius 2 is 1.26 bits per heavy atom. The molecule has 0 unspecified atom stereocenters. The van der Waals surface area contributed by atoms with Gasteiger partial charge in [0, 0.05) is 69.4 Å². The van der Waals surface area contributed by atoms with E-state index in [9.17, 15) is 18.4 Å². The first-order valence-corrected chi connectivity index (χ1v) is 20.7. The number of nitrogens with two attached hydrogens (primary N) is 2. The van der Waals surface area contributed by atoms with E-state index in [-0.39, 0.29) is 98.1 Å². The minimum atomic E-state index is -0.560. The molecule has 0 atom stereocenters. The largest absolute Gasteiger partial charge is 1.00 e. The van der Waals surface area contributed by atoms with Crippen LogP contribution in [0.25, 0.3) is 49.2 Å². The summed E-state index contributed by atoms with van der Waals surface area (Å²) in [6, 6.07) is 20.9. The van der Waals surface area contributed by atoms with Crippen LogP contribution in [-0.4, -0.2) is 112 Å². The fraction of sp³-hybridized carbons (Fsp3) is 0.333. The number of benzene rings is 4. The van der Waals surface area contributed by atoms with E-state index in [2.05, 4.69) is 96.4 Å². The summed E-state index contributed by atoms with van der Waals surface area (Å²) in [6.07, 6.45) is 0.374. The van der Waals surface area contributed by atoms with Gasteiger partial charge in [-0.25, -0.2) is 23.6 Å². The molecule has 9 rings (SSSR count). The third-order valence-electron chi connectivity index (χ3n) is 10.5. The fourth-order valence-electron chi connectivity index (χ4n) is 7.23. The minimum absolute atomic E-state index is 0. The average Bonchev–Trinajstić information content (AvgIpc) is 3.84. The number of aromatic amines is 3. The van der Waals surface area contributed by atoms with Crippen LogP contribution in [-0.2, 0) is 11.2 Å². The number of anilines is 4. The second kappa shape index (κ2) is 25.1. The van der Waals surface area contributed by atoms with Crippen LogP contribution in [0.15, 0.2) is 77.6 Å². The molecule has 18 heteroatoms. The average molecular weight is 930 g/mol. The number of Topliss-reactive ketones (excluding diaryl/α,β-unsaturated/α-hetero) is 1. The summed E-state index contributed by atoms with van der Waals surface area (Å²) in [4.78, 5) is 54.2. The number of nitrogen functional groups attached to an aromatic ring is 2. The standard InChI is InChI=1S/C21H21FN6O.C15H20N4O.C7H5FN2.C4H9.CH4.K.H2O/c1-27-7-9-28(10-8-27)12-5-6-14-16(11-12)25-20(24-14)18-19(23)17-13(22)3-2-4-15(17)26-21(18)29;1-11(20)9-15-16-13-4-3-12(10-14(13)17-15)19-7-5-18(2)6-8-19;1-10-7-5(8)3-2-4-6(7)9;1-4(2)3;;;/h2-6,11H,7-10H2,1H3,(H,24,25)(H3,23,26,29);3-4,10H,5-9H2,1-2H3,(H,16,17);2-4H,9H2;1-3H3;1H4;;1H2/q;;;-1;;+1;/p-1. The van der Waals surface area contributed by atoms with Crippen LogP contribution in [0.3, 0.4) is 0 Å². The molecule has 0 amide bonds. The van der Waals surface area contributed by atoms with Crippen LogP contribution in [0, 0.1) is 24.1 Å². The van der Waals surface area contributed by atoms with Crippen molar-refractivity contribution in [3.63, 3.8) is 0 Å². The molecule has 8 N–H and O–H groups in total. The molecule has 346 valence electrons. The number of pyridine rings is 1. The van der Waals surface area contributed by atoms with E-state index in [1.54, 1.807) is 13.0 Å². The van der Waals surface area contributed by atoms with Gasteiger partial charge < -0.3 is 57.4 Å². The van der Waals surface area contributed by atoms with Crippen LogP contribution in [0.1, 0.15) is 40.9 Å². The Kier molecular flexibility index (Phi) is 20.9. The van der Waals surface area contributed by atoms with Crippen LogP contribution in [0.4, 0.5) is 37.2 Å². The maximum atomic E-state index is 14.3. The van der Waals surface area contributed by atoms with Crippen molar-refractivity contribution < 1.29 is 70.4 Å². The predicted octanol–water partition coefficient (Wildman–Crippen LogP) is 5.03. The van der Waals surface area contributed by atoms with Gasteiger partial charge in [-0.2, -0.15) is 20.8 Å². The van der Waals surface area contributed by atoms with Crippen molar-refractivity contribution in [2.24, 2.45) is 0 Å². The molecule has 7 aromatic rings. The van der Waals surface area contributed by atoms with E-state index >= 15 is 0 Å². The number of piperazine rings is 2. The molecule has 2 fully saturated rings. The Morgan fingerprint density at radius 3 is 1.76 bits per heavy atom. The van der Waals surface area contributed by atoms with Crippen molar-refractivity contribution >= 4 is 67.2 Å². The van der Waals surface area contributed by atoms with Crippen LogP contribution in [0.2, 0.25) is 0 Å². The van der Waals surface area contributed by atoms with Crippen LogP contribution in [0.5, 0.6) is 0 Å². The maximum Gasteiger partial charge on any atom is 1.00 e. The van der Waals surface area contributed by atoms with Crippen molar-refractivity contribution in [1.82, 2.24) is 34.7 Å². The molecule has 0 aliphatic carbocycles. The SMILES string of the molecule is C.CC(=O)Cc1nc2ccc(N3CCN(C)CC3)cc2[nH]1.CN1CCN(c2ccc3nc(-c4c(N)c5c(F)cccc5[nH]c4=O)[nH]c3c2)CC1.C[C-](C)C.[C-]#[N+]c1c(N)cccc1F.[K+].[OH-]. The second-order valence-electron chi connectivity index (χ2n) is 16.3. The van der Waals surface area contributed by atoms with Gasteiger partial charge in [0.15, 0.2) is 0 Å². The molecule has 66 heavy (non-hydrogen) atoms. The number of imidazole rings is 2. The van der Waals surface area contributed by atoms with Gasteiger partial charge in [0.1, 0.15) is 34.6 Å². The van der Waals surface area contributed by atoms with Crippen molar-refractivity contribution in [1.29, 1.82) is 0 Å². The predicted molar refractivity (Wildman–Crippen MR) is 260 cm³/mol. The number of H-pyrrole nitrogens is 3. The monoisotopic (exact) mass is 929 g/mol. The number of fused-ring (bicyclic) bond motifs is 3. The molecule has 0 radical (unpaired) electrons. The molecule has 2 saturated heterocycles. The number of ketones is 1.